The monoisotopic (exact) mass is 237 g/mol. The van der Waals surface area contributed by atoms with E-state index in [-0.39, 0.29) is 0 Å². The lowest BCUT2D eigenvalue weighted by Crippen LogP contribution is -2.17. The fourth-order valence-corrected chi connectivity index (χ4v) is 2.96. The summed E-state index contributed by atoms with van der Waals surface area (Å²) in [5.74, 6) is 0.607. The number of nitrogens with zero attached hydrogens (tertiary/aromatic N) is 1. The number of rotatable bonds is 4. The molecule has 0 heterocycles. The first-order valence-electron chi connectivity index (χ1n) is 5.99. The molecule has 1 atom stereocenters. The lowest BCUT2D eigenvalue weighted by Gasteiger charge is -2.21. The molecule has 0 saturated heterocycles. The number of hydrogen-bond acceptors (Lipinski definition) is 1. The van der Waals surface area contributed by atoms with Gasteiger partial charge in [-0.25, -0.2) is 0 Å². The molecule has 0 aliphatic carbocycles. The smallest absolute Gasteiger partial charge is 0.0439 e. The predicted octanol–water partition coefficient (Wildman–Crippen LogP) is 3.59. The number of hydrogen-bond donors (Lipinski definition) is 0. The summed E-state index contributed by atoms with van der Waals surface area (Å²) < 4.78 is 0. The third kappa shape index (κ3) is 3.49. The third-order valence-corrected chi connectivity index (χ3v) is 3.93. The molecular weight excluding hydrogens is 213 g/mol. The minimum absolute atomic E-state index is 0.607. The Bertz CT molecular complexity index is 343. The third-order valence-electron chi connectivity index (χ3n) is 2.61. The maximum atomic E-state index is 2.34. The van der Waals surface area contributed by atoms with E-state index in [9.17, 15) is 0 Å². The zero-order valence-electron chi connectivity index (χ0n) is 11.3. The Kier molecular flexibility index (Phi) is 4.80. The molecule has 0 aromatic heterocycles. The van der Waals surface area contributed by atoms with Crippen LogP contribution in [0.25, 0.3) is 0 Å². The van der Waals surface area contributed by atoms with Crippen LogP contribution in [0.2, 0.25) is 0 Å². The molecule has 0 aliphatic heterocycles. The molecule has 1 nitrogen and oxygen atoms in total. The molecule has 1 unspecified atom stereocenters. The zero-order valence-corrected chi connectivity index (χ0v) is 12.3. The summed E-state index contributed by atoms with van der Waals surface area (Å²) in [5.41, 5.74) is 3.56. The molecule has 1 aromatic rings. The fraction of sp³-hybridized carbons (Fsp3) is 0.571. The average molecular weight is 237 g/mol. The Morgan fingerprint density at radius 2 is 1.69 bits per heavy atom. The highest BCUT2D eigenvalue weighted by atomic mass is 31.1. The highest BCUT2D eigenvalue weighted by molar-refractivity contribution is 7.48. The standard InChI is InChI=1S/C14H24NP/c1-10(2)12-7-8-14(16-11(3)4)13(9-12)15(5)6/h7-11,16H,1-6H3. The van der Waals surface area contributed by atoms with Gasteiger partial charge in [-0.2, -0.15) is 0 Å². The maximum absolute atomic E-state index is 2.34. The van der Waals surface area contributed by atoms with E-state index in [1.54, 1.807) is 0 Å². The first-order valence-corrected chi connectivity index (χ1v) is 7.07. The quantitative estimate of drug-likeness (QED) is 0.723. The van der Waals surface area contributed by atoms with E-state index in [2.05, 4.69) is 64.9 Å². The van der Waals surface area contributed by atoms with Crippen molar-refractivity contribution in [3.8, 4) is 0 Å². The summed E-state index contributed by atoms with van der Waals surface area (Å²) in [5, 5.41) is 1.49. The van der Waals surface area contributed by atoms with Gasteiger partial charge in [0.25, 0.3) is 0 Å². The van der Waals surface area contributed by atoms with Crippen molar-refractivity contribution in [3.63, 3.8) is 0 Å². The molecule has 0 bridgehead atoms. The van der Waals surface area contributed by atoms with E-state index in [1.807, 2.05) is 0 Å². The lowest BCUT2D eigenvalue weighted by molar-refractivity contribution is 0.866. The molecule has 2 heteroatoms. The van der Waals surface area contributed by atoms with Gasteiger partial charge in [0.2, 0.25) is 0 Å². The highest BCUT2D eigenvalue weighted by Crippen LogP contribution is 2.27. The van der Waals surface area contributed by atoms with Gasteiger partial charge in [0.15, 0.2) is 0 Å². The van der Waals surface area contributed by atoms with E-state index in [4.69, 9.17) is 0 Å². The fourth-order valence-electron chi connectivity index (χ4n) is 1.71. The minimum Gasteiger partial charge on any atom is -0.377 e. The second-order valence-electron chi connectivity index (χ2n) is 5.12. The predicted molar refractivity (Wildman–Crippen MR) is 77.9 cm³/mol. The molecular formula is C14H24NP. The van der Waals surface area contributed by atoms with Crippen LogP contribution in [0.1, 0.15) is 39.2 Å². The van der Waals surface area contributed by atoms with Crippen molar-refractivity contribution < 1.29 is 0 Å². The molecule has 0 radical (unpaired) electrons. The maximum Gasteiger partial charge on any atom is 0.0439 e. The second-order valence-corrected chi connectivity index (χ2v) is 7.11. The van der Waals surface area contributed by atoms with Crippen molar-refractivity contribution in [2.45, 2.75) is 39.3 Å². The molecule has 0 amide bonds. The van der Waals surface area contributed by atoms with Crippen LogP contribution in [0.15, 0.2) is 18.2 Å². The largest absolute Gasteiger partial charge is 0.377 e. The Morgan fingerprint density at radius 1 is 1.06 bits per heavy atom. The Balaban J connectivity index is 3.09. The van der Waals surface area contributed by atoms with Gasteiger partial charge >= 0.3 is 0 Å². The van der Waals surface area contributed by atoms with E-state index >= 15 is 0 Å². The van der Waals surface area contributed by atoms with Gasteiger partial charge in [0.05, 0.1) is 0 Å². The van der Waals surface area contributed by atoms with Crippen LogP contribution in [0.3, 0.4) is 0 Å². The van der Waals surface area contributed by atoms with Crippen molar-refractivity contribution in [3.05, 3.63) is 23.8 Å². The van der Waals surface area contributed by atoms with Gasteiger partial charge < -0.3 is 4.90 Å². The SMILES string of the molecule is CC(C)Pc1ccc(C(C)C)cc1N(C)C. The number of anilines is 1. The van der Waals surface area contributed by atoms with Gasteiger partial charge in [0, 0.05) is 19.8 Å². The normalized spacial score (nSPS) is 12.0. The first kappa shape index (κ1) is 13.5. The van der Waals surface area contributed by atoms with Crippen molar-refractivity contribution in [1.82, 2.24) is 0 Å². The van der Waals surface area contributed by atoms with Crippen LogP contribution in [0.5, 0.6) is 0 Å². The van der Waals surface area contributed by atoms with E-state index in [1.165, 1.54) is 16.6 Å². The van der Waals surface area contributed by atoms with Crippen LogP contribution >= 0.6 is 8.58 Å². The first-order chi connectivity index (χ1) is 7.41. The van der Waals surface area contributed by atoms with Crippen molar-refractivity contribution in [2.75, 3.05) is 19.0 Å². The second kappa shape index (κ2) is 5.68. The van der Waals surface area contributed by atoms with Gasteiger partial charge in [-0.3, -0.25) is 0 Å². The molecule has 1 aromatic carbocycles. The van der Waals surface area contributed by atoms with Crippen molar-refractivity contribution >= 4 is 19.6 Å². The Morgan fingerprint density at radius 3 is 2.12 bits per heavy atom. The number of benzene rings is 1. The van der Waals surface area contributed by atoms with Crippen molar-refractivity contribution in [1.29, 1.82) is 0 Å². The van der Waals surface area contributed by atoms with Crippen LogP contribution < -0.4 is 10.2 Å². The summed E-state index contributed by atoms with van der Waals surface area (Å²) in [6.45, 7) is 9.07. The van der Waals surface area contributed by atoms with E-state index < -0.39 is 0 Å². The van der Waals surface area contributed by atoms with Crippen molar-refractivity contribution in [2.24, 2.45) is 0 Å². The van der Waals surface area contributed by atoms with Gasteiger partial charge in [0.1, 0.15) is 0 Å². The van der Waals surface area contributed by atoms with Gasteiger partial charge in [-0.15, -0.1) is 0 Å². The zero-order chi connectivity index (χ0) is 12.3. The molecule has 0 saturated carbocycles. The minimum atomic E-state index is 0.607. The van der Waals surface area contributed by atoms with Crippen LogP contribution in [0.4, 0.5) is 5.69 Å². The molecule has 90 valence electrons. The Hall–Kier alpha value is -0.550. The topological polar surface area (TPSA) is 3.24 Å². The molecule has 0 spiro atoms. The molecule has 0 aliphatic rings. The lowest BCUT2D eigenvalue weighted by atomic mass is 10.0. The van der Waals surface area contributed by atoms with Gasteiger partial charge in [-0.05, 0) is 28.5 Å². The van der Waals surface area contributed by atoms with Crippen LogP contribution in [-0.2, 0) is 0 Å². The molecule has 0 N–H and O–H groups in total. The summed E-state index contributed by atoms with van der Waals surface area (Å²) in [6, 6.07) is 6.93. The van der Waals surface area contributed by atoms with E-state index in [0.29, 0.717) is 5.92 Å². The molecule has 1 rings (SSSR count). The summed E-state index contributed by atoms with van der Waals surface area (Å²) in [7, 11) is 5.17. The summed E-state index contributed by atoms with van der Waals surface area (Å²) >= 11 is 0. The average Bonchev–Trinajstić information content (AvgIpc) is 2.16. The van der Waals surface area contributed by atoms with E-state index in [0.717, 1.165) is 14.2 Å². The molecule has 0 fully saturated rings. The van der Waals surface area contributed by atoms with Crippen LogP contribution in [-0.4, -0.2) is 19.8 Å². The summed E-state index contributed by atoms with van der Waals surface area (Å²) in [4.78, 5) is 2.23. The highest BCUT2D eigenvalue weighted by Gasteiger charge is 2.09. The van der Waals surface area contributed by atoms with Crippen LogP contribution in [0, 0.1) is 0 Å². The summed E-state index contributed by atoms with van der Waals surface area (Å²) in [6.07, 6.45) is 0. The Labute approximate surface area is 102 Å². The van der Waals surface area contributed by atoms with Gasteiger partial charge in [-0.1, -0.05) is 48.4 Å². The molecule has 16 heavy (non-hydrogen) atoms.